The van der Waals surface area contributed by atoms with Crippen molar-refractivity contribution in [2.45, 2.75) is 12.3 Å². The van der Waals surface area contributed by atoms with Crippen molar-refractivity contribution < 1.29 is 0 Å². The average Bonchev–Trinajstić information content (AvgIpc) is 2.41. The van der Waals surface area contributed by atoms with Gasteiger partial charge in [0.25, 0.3) is 0 Å². The fourth-order valence-electron chi connectivity index (χ4n) is 2.42. The summed E-state index contributed by atoms with van der Waals surface area (Å²) >= 11 is 3.55. The molecular formula is C13H19BrN2. The molecule has 1 atom stereocenters. The molecule has 0 aromatic heterocycles. The van der Waals surface area contributed by atoms with Gasteiger partial charge in [-0.15, -0.1) is 0 Å². The third-order valence-electron chi connectivity index (χ3n) is 3.33. The van der Waals surface area contributed by atoms with Crippen molar-refractivity contribution in [3.8, 4) is 0 Å². The van der Waals surface area contributed by atoms with E-state index in [1.165, 1.54) is 5.56 Å². The standard InChI is InChI=1S/C13H19BrN2/c1-13(9-15-6-7-16(2)10-13)11-4-3-5-12(14)8-11/h3-5,8,15H,6-7,9-10H2,1-2H3. The van der Waals surface area contributed by atoms with E-state index in [-0.39, 0.29) is 5.41 Å². The third kappa shape index (κ3) is 2.65. The predicted octanol–water partition coefficient (Wildman–Crippen LogP) is 2.24. The topological polar surface area (TPSA) is 15.3 Å². The van der Waals surface area contributed by atoms with E-state index < -0.39 is 0 Å². The van der Waals surface area contributed by atoms with Crippen molar-refractivity contribution in [1.82, 2.24) is 10.2 Å². The summed E-state index contributed by atoms with van der Waals surface area (Å²) in [4.78, 5) is 2.40. The van der Waals surface area contributed by atoms with Crippen molar-refractivity contribution in [3.63, 3.8) is 0 Å². The summed E-state index contributed by atoms with van der Waals surface area (Å²) in [5, 5.41) is 3.53. The molecule has 0 spiro atoms. The Labute approximate surface area is 106 Å². The van der Waals surface area contributed by atoms with Crippen molar-refractivity contribution in [1.29, 1.82) is 0 Å². The highest BCUT2D eigenvalue weighted by Gasteiger charge is 2.29. The first-order chi connectivity index (χ1) is 7.60. The number of nitrogens with one attached hydrogen (secondary N) is 1. The van der Waals surface area contributed by atoms with Gasteiger partial charge >= 0.3 is 0 Å². The van der Waals surface area contributed by atoms with E-state index >= 15 is 0 Å². The van der Waals surface area contributed by atoms with Gasteiger partial charge in [-0.05, 0) is 24.7 Å². The van der Waals surface area contributed by atoms with Crippen molar-refractivity contribution in [3.05, 3.63) is 34.3 Å². The molecule has 1 heterocycles. The van der Waals surface area contributed by atoms with Crippen LogP contribution >= 0.6 is 15.9 Å². The molecule has 1 aliphatic heterocycles. The minimum Gasteiger partial charge on any atom is -0.315 e. The molecule has 3 heteroatoms. The number of benzene rings is 1. The Kier molecular flexibility index (Phi) is 3.67. The molecule has 1 aromatic carbocycles. The maximum absolute atomic E-state index is 3.55. The van der Waals surface area contributed by atoms with Crippen LogP contribution in [-0.4, -0.2) is 38.1 Å². The van der Waals surface area contributed by atoms with Gasteiger partial charge in [-0.25, -0.2) is 0 Å². The van der Waals surface area contributed by atoms with E-state index in [0.717, 1.165) is 30.7 Å². The van der Waals surface area contributed by atoms with E-state index in [4.69, 9.17) is 0 Å². The normalized spacial score (nSPS) is 27.7. The fraction of sp³-hybridized carbons (Fsp3) is 0.538. The van der Waals surface area contributed by atoms with E-state index in [9.17, 15) is 0 Å². The quantitative estimate of drug-likeness (QED) is 0.850. The third-order valence-corrected chi connectivity index (χ3v) is 3.82. The van der Waals surface area contributed by atoms with Crippen LogP contribution in [0.15, 0.2) is 28.7 Å². The highest BCUT2D eigenvalue weighted by Crippen LogP contribution is 2.27. The summed E-state index contributed by atoms with van der Waals surface area (Å²) in [7, 11) is 2.20. The van der Waals surface area contributed by atoms with Crippen LogP contribution in [0.2, 0.25) is 0 Å². The van der Waals surface area contributed by atoms with Crippen LogP contribution in [0.25, 0.3) is 0 Å². The molecule has 0 aliphatic carbocycles. The summed E-state index contributed by atoms with van der Waals surface area (Å²) in [5.74, 6) is 0. The minimum absolute atomic E-state index is 0.203. The van der Waals surface area contributed by atoms with Crippen LogP contribution < -0.4 is 5.32 Å². The maximum Gasteiger partial charge on any atom is 0.0178 e. The second-order valence-electron chi connectivity index (χ2n) is 4.99. The summed E-state index contributed by atoms with van der Waals surface area (Å²) in [6.45, 7) is 6.71. The van der Waals surface area contributed by atoms with Gasteiger partial charge in [0.2, 0.25) is 0 Å². The fourth-order valence-corrected chi connectivity index (χ4v) is 2.82. The van der Waals surface area contributed by atoms with Crippen molar-refractivity contribution in [2.24, 2.45) is 0 Å². The van der Waals surface area contributed by atoms with Gasteiger partial charge in [0.05, 0.1) is 0 Å². The van der Waals surface area contributed by atoms with E-state index in [1.54, 1.807) is 0 Å². The van der Waals surface area contributed by atoms with Gasteiger partial charge < -0.3 is 10.2 Å². The lowest BCUT2D eigenvalue weighted by Gasteiger charge is -2.31. The number of hydrogen-bond donors (Lipinski definition) is 1. The zero-order chi connectivity index (χ0) is 11.6. The summed E-state index contributed by atoms with van der Waals surface area (Å²) < 4.78 is 1.16. The Balaban J connectivity index is 2.28. The molecule has 2 rings (SSSR count). The highest BCUT2D eigenvalue weighted by molar-refractivity contribution is 9.10. The monoisotopic (exact) mass is 282 g/mol. The van der Waals surface area contributed by atoms with E-state index in [1.807, 2.05) is 0 Å². The lowest BCUT2D eigenvalue weighted by atomic mass is 9.82. The first-order valence-corrected chi connectivity index (χ1v) is 6.55. The van der Waals surface area contributed by atoms with E-state index in [2.05, 4.69) is 64.4 Å². The van der Waals surface area contributed by atoms with Crippen LogP contribution in [0, 0.1) is 0 Å². The van der Waals surface area contributed by atoms with Gasteiger partial charge in [0.15, 0.2) is 0 Å². The van der Waals surface area contributed by atoms with Crippen molar-refractivity contribution in [2.75, 3.05) is 33.2 Å². The largest absolute Gasteiger partial charge is 0.315 e. The summed E-state index contributed by atoms with van der Waals surface area (Å²) in [5.41, 5.74) is 1.61. The van der Waals surface area contributed by atoms with Crippen LogP contribution in [0.3, 0.4) is 0 Å². The lowest BCUT2D eigenvalue weighted by molar-refractivity contribution is 0.290. The number of rotatable bonds is 1. The lowest BCUT2D eigenvalue weighted by Crippen LogP contribution is -2.39. The predicted molar refractivity (Wildman–Crippen MR) is 71.9 cm³/mol. The zero-order valence-corrected chi connectivity index (χ0v) is 11.5. The van der Waals surface area contributed by atoms with Gasteiger partial charge in [0, 0.05) is 36.1 Å². The molecule has 2 nitrogen and oxygen atoms in total. The Hall–Kier alpha value is -0.380. The van der Waals surface area contributed by atoms with Gasteiger partial charge in [-0.1, -0.05) is 35.0 Å². The van der Waals surface area contributed by atoms with Gasteiger partial charge in [0.1, 0.15) is 0 Å². The number of likely N-dealkylation sites (N-methyl/N-ethyl adjacent to an activating group) is 1. The Morgan fingerprint density at radius 1 is 1.44 bits per heavy atom. The molecule has 1 unspecified atom stereocenters. The van der Waals surface area contributed by atoms with Crippen LogP contribution in [0.4, 0.5) is 0 Å². The number of halogens is 1. The van der Waals surface area contributed by atoms with Crippen LogP contribution in [-0.2, 0) is 5.41 Å². The molecule has 16 heavy (non-hydrogen) atoms. The Morgan fingerprint density at radius 3 is 3.00 bits per heavy atom. The summed E-state index contributed by atoms with van der Waals surface area (Å²) in [6, 6.07) is 8.67. The van der Waals surface area contributed by atoms with Crippen LogP contribution in [0.5, 0.6) is 0 Å². The van der Waals surface area contributed by atoms with E-state index in [0.29, 0.717) is 0 Å². The molecule has 1 saturated heterocycles. The molecule has 1 fully saturated rings. The smallest absolute Gasteiger partial charge is 0.0178 e. The Morgan fingerprint density at radius 2 is 2.25 bits per heavy atom. The minimum atomic E-state index is 0.203. The van der Waals surface area contributed by atoms with Gasteiger partial charge in [-0.2, -0.15) is 0 Å². The Bertz CT molecular complexity index is 367. The molecule has 0 bridgehead atoms. The SMILES string of the molecule is CN1CCNCC(C)(c2cccc(Br)c2)C1. The maximum atomic E-state index is 3.55. The molecule has 0 saturated carbocycles. The summed E-state index contributed by atoms with van der Waals surface area (Å²) in [6.07, 6.45) is 0. The second-order valence-corrected chi connectivity index (χ2v) is 5.90. The molecule has 1 aliphatic rings. The molecule has 0 radical (unpaired) electrons. The highest BCUT2D eigenvalue weighted by atomic mass is 79.9. The molecular weight excluding hydrogens is 264 g/mol. The average molecular weight is 283 g/mol. The van der Waals surface area contributed by atoms with Crippen LogP contribution in [0.1, 0.15) is 12.5 Å². The second kappa shape index (κ2) is 4.86. The molecule has 1 aromatic rings. The molecule has 1 N–H and O–H groups in total. The molecule has 0 amide bonds. The zero-order valence-electron chi connectivity index (χ0n) is 9.96. The molecule has 88 valence electrons. The first-order valence-electron chi connectivity index (χ1n) is 5.75. The number of hydrogen-bond acceptors (Lipinski definition) is 2. The van der Waals surface area contributed by atoms with Gasteiger partial charge in [-0.3, -0.25) is 0 Å². The first kappa shape index (κ1) is 12.1. The number of nitrogens with zero attached hydrogens (tertiary/aromatic N) is 1. The van der Waals surface area contributed by atoms with Crippen molar-refractivity contribution >= 4 is 15.9 Å².